The number of hydrogen-bond donors (Lipinski definition) is 0. The van der Waals surface area contributed by atoms with Crippen LogP contribution in [-0.2, 0) is 0 Å². The van der Waals surface area contributed by atoms with Crippen LogP contribution < -0.4 is 0 Å². The first-order chi connectivity index (χ1) is 15.0. The first-order valence-corrected chi connectivity index (χ1v) is 9.50. The Morgan fingerprint density at radius 3 is 1.65 bits per heavy atom. The lowest BCUT2D eigenvalue weighted by molar-refractivity contribution is 0.455. The largest absolute Gasteiger partial charge is 0.204 e. The zero-order valence-corrected chi connectivity index (χ0v) is 15.9. The van der Waals surface area contributed by atoms with Gasteiger partial charge in [-0.1, -0.05) is 66.7 Å². The van der Waals surface area contributed by atoms with E-state index in [2.05, 4.69) is 0 Å². The Morgan fingerprint density at radius 2 is 1.03 bits per heavy atom. The van der Waals surface area contributed by atoms with E-state index >= 15 is 8.78 Å². The zero-order valence-electron chi connectivity index (χ0n) is 15.9. The maximum Gasteiger partial charge on any atom is 0.195 e. The molecule has 0 radical (unpaired) electrons. The lowest BCUT2D eigenvalue weighted by atomic mass is 9.87. The molecule has 0 saturated carbocycles. The molecule has 0 aliphatic rings. The zero-order chi connectivity index (χ0) is 21.7. The van der Waals surface area contributed by atoms with Crippen LogP contribution in [0.1, 0.15) is 0 Å². The average molecular weight is 420 g/mol. The second-order valence-electron chi connectivity index (χ2n) is 7.18. The summed E-state index contributed by atoms with van der Waals surface area (Å²) in [6, 6.07) is 20.0. The molecular weight excluding hydrogens is 407 g/mol. The summed E-state index contributed by atoms with van der Waals surface area (Å²) < 4.78 is 74.1. The van der Waals surface area contributed by atoms with Crippen molar-refractivity contribution < 1.29 is 22.0 Å². The van der Waals surface area contributed by atoms with Gasteiger partial charge < -0.3 is 0 Å². The smallest absolute Gasteiger partial charge is 0.195 e. The van der Waals surface area contributed by atoms with Gasteiger partial charge in [-0.25, -0.2) is 22.0 Å². The third-order valence-electron chi connectivity index (χ3n) is 5.41. The van der Waals surface area contributed by atoms with Crippen LogP contribution >= 0.6 is 0 Å². The fraction of sp³-hybridized carbons (Fsp3) is 0. The molecule has 0 aromatic heterocycles. The Hall–Kier alpha value is -3.73. The highest BCUT2D eigenvalue weighted by Gasteiger charge is 2.26. The molecule has 0 amide bonds. The Balaban J connectivity index is 2.10. The van der Waals surface area contributed by atoms with Crippen molar-refractivity contribution >= 4 is 21.5 Å². The van der Waals surface area contributed by atoms with Gasteiger partial charge in [0.15, 0.2) is 29.1 Å². The van der Waals surface area contributed by atoms with E-state index in [4.69, 9.17) is 0 Å². The van der Waals surface area contributed by atoms with E-state index < -0.39 is 29.1 Å². The number of fused-ring (bicyclic) bond motifs is 2. The summed E-state index contributed by atoms with van der Waals surface area (Å²) in [5, 5.41) is -0.184. The molecule has 0 unspecified atom stereocenters. The third-order valence-corrected chi connectivity index (χ3v) is 5.41. The standard InChI is InChI=1S/C26H13F5/c27-18-12-11-16-13-17-19(14-7-3-1-4-8-14)24(29)26(31)25(30)22(17)20(21(16)23(18)28)15-9-5-2-6-10-15/h1-13H. The van der Waals surface area contributed by atoms with Gasteiger partial charge in [0, 0.05) is 21.9 Å². The van der Waals surface area contributed by atoms with Gasteiger partial charge in [-0.15, -0.1) is 0 Å². The quantitative estimate of drug-likeness (QED) is 0.154. The van der Waals surface area contributed by atoms with Crippen LogP contribution in [-0.4, -0.2) is 0 Å². The molecule has 5 aromatic carbocycles. The SMILES string of the molecule is Fc1ccc2cc3c(-c4ccccc4)c(F)c(F)c(F)c3c(-c3ccccc3)c2c1F. The lowest BCUT2D eigenvalue weighted by Crippen LogP contribution is -2.01. The van der Waals surface area contributed by atoms with E-state index in [1.807, 2.05) is 0 Å². The van der Waals surface area contributed by atoms with Gasteiger partial charge in [-0.05, 0) is 34.0 Å². The van der Waals surface area contributed by atoms with Gasteiger partial charge in [0.2, 0.25) is 0 Å². The fourth-order valence-electron chi connectivity index (χ4n) is 4.07. The Kier molecular flexibility index (Phi) is 4.47. The Labute approximate surface area is 174 Å². The summed E-state index contributed by atoms with van der Waals surface area (Å²) in [6.07, 6.45) is 0. The van der Waals surface area contributed by atoms with Crippen molar-refractivity contribution in [3.05, 3.63) is 108 Å². The van der Waals surface area contributed by atoms with Crippen LogP contribution in [0.3, 0.4) is 0 Å². The third kappa shape index (κ3) is 2.88. The van der Waals surface area contributed by atoms with Gasteiger partial charge in [-0.2, -0.15) is 0 Å². The van der Waals surface area contributed by atoms with Gasteiger partial charge in [0.25, 0.3) is 0 Å². The molecule has 0 atom stereocenters. The Morgan fingerprint density at radius 1 is 0.452 bits per heavy atom. The van der Waals surface area contributed by atoms with Gasteiger partial charge in [-0.3, -0.25) is 0 Å². The number of hydrogen-bond acceptors (Lipinski definition) is 0. The van der Waals surface area contributed by atoms with Crippen LogP contribution in [0.15, 0.2) is 78.9 Å². The minimum Gasteiger partial charge on any atom is -0.204 e. The van der Waals surface area contributed by atoms with Gasteiger partial charge >= 0.3 is 0 Å². The van der Waals surface area contributed by atoms with E-state index in [-0.39, 0.29) is 32.7 Å². The Bertz CT molecular complexity index is 1460. The van der Waals surface area contributed by atoms with E-state index in [1.54, 1.807) is 60.7 Å². The summed E-state index contributed by atoms with van der Waals surface area (Å²) in [4.78, 5) is 0. The normalized spacial score (nSPS) is 11.4. The fourth-order valence-corrected chi connectivity index (χ4v) is 4.07. The van der Waals surface area contributed by atoms with Crippen LogP contribution in [0.5, 0.6) is 0 Å². The molecular formula is C26H13F5. The second-order valence-corrected chi connectivity index (χ2v) is 7.18. The topological polar surface area (TPSA) is 0 Å². The molecule has 0 aliphatic heterocycles. The maximum absolute atomic E-state index is 15.2. The van der Waals surface area contributed by atoms with E-state index in [0.717, 1.165) is 6.07 Å². The van der Waals surface area contributed by atoms with Crippen molar-refractivity contribution in [1.29, 1.82) is 0 Å². The first-order valence-electron chi connectivity index (χ1n) is 9.50. The summed E-state index contributed by atoms with van der Waals surface area (Å²) >= 11 is 0. The highest BCUT2D eigenvalue weighted by Crippen LogP contribution is 2.44. The molecule has 31 heavy (non-hydrogen) atoms. The monoisotopic (exact) mass is 420 g/mol. The molecule has 0 spiro atoms. The summed E-state index contributed by atoms with van der Waals surface area (Å²) in [5.74, 6) is -6.74. The second kappa shape index (κ2) is 7.20. The van der Waals surface area contributed by atoms with Crippen LogP contribution in [0.4, 0.5) is 22.0 Å². The predicted octanol–water partition coefficient (Wildman–Crippen LogP) is 8.02. The highest BCUT2D eigenvalue weighted by molar-refractivity contribution is 6.16. The molecule has 0 heterocycles. The van der Waals surface area contributed by atoms with Crippen molar-refractivity contribution in [1.82, 2.24) is 0 Å². The van der Waals surface area contributed by atoms with Crippen molar-refractivity contribution in [2.24, 2.45) is 0 Å². The van der Waals surface area contributed by atoms with Gasteiger partial charge in [0.05, 0.1) is 0 Å². The number of rotatable bonds is 2. The van der Waals surface area contributed by atoms with E-state index in [0.29, 0.717) is 11.1 Å². The summed E-state index contributed by atoms with van der Waals surface area (Å²) in [6.45, 7) is 0. The lowest BCUT2D eigenvalue weighted by Gasteiger charge is -2.17. The minimum atomic E-state index is -1.67. The van der Waals surface area contributed by atoms with Crippen LogP contribution in [0.25, 0.3) is 43.8 Å². The molecule has 5 rings (SSSR count). The molecule has 0 nitrogen and oxygen atoms in total. The molecule has 0 aliphatic carbocycles. The first kappa shape index (κ1) is 19.2. The maximum atomic E-state index is 15.2. The molecule has 0 saturated heterocycles. The van der Waals surface area contributed by atoms with Gasteiger partial charge in [0.1, 0.15) is 0 Å². The minimum absolute atomic E-state index is 0.0290. The van der Waals surface area contributed by atoms with E-state index in [1.165, 1.54) is 12.1 Å². The predicted molar refractivity (Wildman–Crippen MR) is 112 cm³/mol. The van der Waals surface area contributed by atoms with Crippen molar-refractivity contribution in [2.75, 3.05) is 0 Å². The number of benzene rings is 5. The average Bonchev–Trinajstić information content (AvgIpc) is 2.80. The molecule has 0 bridgehead atoms. The highest BCUT2D eigenvalue weighted by atomic mass is 19.2. The van der Waals surface area contributed by atoms with Crippen molar-refractivity contribution in [3.63, 3.8) is 0 Å². The molecule has 0 N–H and O–H groups in total. The molecule has 5 aromatic rings. The van der Waals surface area contributed by atoms with Crippen molar-refractivity contribution in [3.8, 4) is 22.3 Å². The summed E-state index contributed by atoms with van der Waals surface area (Å²) in [7, 11) is 0. The molecule has 152 valence electrons. The summed E-state index contributed by atoms with van der Waals surface area (Å²) in [5.41, 5.74) is 0.522. The number of halogens is 5. The van der Waals surface area contributed by atoms with Crippen LogP contribution in [0.2, 0.25) is 0 Å². The van der Waals surface area contributed by atoms with Crippen LogP contribution in [0, 0.1) is 29.1 Å². The molecule has 5 heteroatoms. The molecule has 0 fully saturated rings. The van der Waals surface area contributed by atoms with Crippen molar-refractivity contribution in [2.45, 2.75) is 0 Å². The van der Waals surface area contributed by atoms with E-state index in [9.17, 15) is 13.2 Å².